The van der Waals surface area contributed by atoms with Gasteiger partial charge in [-0.2, -0.15) is 0 Å². The van der Waals surface area contributed by atoms with Gasteiger partial charge in [-0.3, -0.25) is 4.84 Å². The van der Waals surface area contributed by atoms with Crippen LogP contribution in [0.25, 0.3) is 0 Å². The van der Waals surface area contributed by atoms with Gasteiger partial charge >= 0.3 is 6.16 Å². The Morgan fingerprint density at radius 1 is 1.08 bits per heavy atom. The van der Waals surface area contributed by atoms with Gasteiger partial charge in [0.2, 0.25) is 0 Å². The molecule has 2 aromatic rings. The minimum absolute atomic E-state index is 0.0916. The summed E-state index contributed by atoms with van der Waals surface area (Å²) in [5.74, 6) is 0.532. The third-order valence-corrected chi connectivity index (χ3v) is 3.29. The monoisotopic (exact) mass is 328 g/mol. The SMILES string of the molecule is CC(C)(C)c1cccc(C/N=N/OC(=O)Oc2ccccc2)c1O. The normalized spacial score (nSPS) is 11.5. The van der Waals surface area contributed by atoms with Gasteiger partial charge in [0.25, 0.3) is 0 Å². The van der Waals surface area contributed by atoms with Crippen molar-refractivity contribution in [3.8, 4) is 11.5 Å². The van der Waals surface area contributed by atoms with Crippen LogP contribution in [0.3, 0.4) is 0 Å². The first-order chi connectivity index (χ1) is 11.4. The van der Waals surface area contributed by atoms with Crippen molar-refractivity contribution in [3.63, 3.8) is 0 Å². The molecule has 2 aromatic carbocycles. The van der Waals surface area contributed by atoms with Gasteiger partial charge in [-0.05, 0) is 23.1 Å². The van der Waals surface area contributed by atoms with Crippen molar-refractivity contribution < 1.29 is 19.5 Å². The standard InChI is InChI=1S/C18H20N2O4/c1-18(2,3)15-11-7-8-13(16(15)21)12-19-20-24-17(22)23-14-9-5-4-6-10-14/h4-11,21H,12H2,1-3H3/b20-19+. The van der Waals surface area contributed by atoms with E-state index in [-0.39, 0.29) is 17.7 Å². The lowest BCUT2D eigenvalue weighted by molar-refractivity contribution is 0.0932. The van der Waals surface area contributed by atoms with Crippen molar-refractivity contribution in [2.24, 2.45) is 10.4 Å². The van der Waals surface area contributed by atoms with E-state index in [4.69, 9.17) is 4.74 Å². The Kier molecular flexibility index (Phi) is 5.52. The average molecular weight is 328 g/mol. The maximum Gasteiger partial charge on any atom is 0.542 e. The van der Waals surface area contributed by atoms with Crippen LogP contribution in [0.15, 0.2) is 58.9 Å². The van der Waals surface area contributed by atoms with Crippen LogP contribution in [0, 0.1) is 0 Å². The van der Waals surface area contributed by atoms with Gasteiger partial charge in [0.1, 0.15) is 11.5 Å². The second-order valence-corrected chi connectivity index (χ2v) is 6.20. The van der Waals surface area contributed by atoms with Crippen LogP contribution in [-0.4, -0.2) is 11.3 Å². The van der Waals surface area contributed by atoms with Crippen LogP contribution in [0.2, 0.25) is 0 Å². The largest absolute Gasteiger partial charge is 0.542 e. The number of hydrogen-bond donors (Lipinski definition) is 1. The maximum absolute atomic E-state index is 11.4. The van der Waals surface area contributed by atoms with Crippen molar-refractivity contribution in [2.75, 3.05) is 0 Å². The number of phenolic OH excluding ortho intramolecular Hbond substituents is 1. The molecule has 0 saturated carbocycles. The molecular weight excluding hydrogens is 308 g/mol. The third-order valence-electron chi connectivity index (χ3n) is 3.29. The number of carbonyl (C=O) groups excluding carboxylic acids is 1. The lowest BCUT2D eigenvalue weighted by Crippen LogP contribution is -2.11. The molecule has 0 aliphatic rings. The highest BCUT2D eigenvalue weighted by molar-refractivity contribution is 5.63. The molecule has 0 radical (unpaired) electrons. The van der Waals surface area contributed by atoms with E-state index < -0.39 is 6.16 Å². The van der Waals surface area contributed by atoms with Gasteiger partial charge in [0, 0.05) is 10.8 Å². The summed E-state index contributed by atoms with van der Waals surface area (Å²) in [4.78, 5) is 15.9. The molecule has 0 unspecified atom stereocenters. The summed E-state index contributed by atoms with van der Waals surface area (Å²) < 4.78 is 4.89. The molecule has 1 N–H and O–H groups in total. The van der Waals surface area contributed by atoms with Crippen LogP contribution in [0.1, 0.15) is 31.9 Å². The second kappa shape index (κ2) is 7.59. The Bertz CT molecular complexity index is 722. The number of rotatable bonds is 4. The van der Waals surface area contributed by atoms with Gasteiger partial charge in [-0.15, -0.1) is 5.11 Å². The summed E-state index contributed by atoms with van der Waals surface area (Å²) in [6.45, 7) is 6.12. The van der Waals surface area contributed by atoms with Crippen LogP contribution in [0.5, 0.6) is 11.5 Å². The number of ether oxygens (including phenoxy) is 1. The van der Waals surface area contributed by atoms with E-state index in [1.807, 2.05) is 32.9 Å². The first-order valence-corrected chi connectivity index (χ1v) is 7.50. The molecule has 0 amide bonds. The fourth-order valence-electron chi connectivity index (χ4n) is 2.09. The van der Waals surface area contributed by atoms with Crippen LogP contribution in [0.4, 0.5) is 4.79 Å². The number of phenols is 1. The Hall–Kier alpha value is -2.89. The second-order valence-electron chi connectivity index (χ2n) is 6.20. The molecule has 2 rings (SSSR count). The van der Waals surface area contributed by atoms with Crippen LogP contribution < -0.4 is 4.74 Å². The molecule has 126 valence electrons. The fourth-order valence-corrected chi connectivity index (χ4v) is 2.09. The zero-order chi connectivity index (χ0) is 17.6. The molecule has 24 heavy (non-hydrogen) atoms. The summed E-state index contributed by atoms with van der Waals surface area (Å²) >= 11 is 0. The molecule has 0 aromatic heterocycles. The zero-order valence-corrected chi connectivity index (χ0v) is 13.9. The quantitative estimate of drug-likeness (QED) is 0.379. The molecule has 0 bridgehead atoms. The summed E-state index contributed by atoms with van der Waals surface area (Å²) in [6.07, 6.45) is -0.974. The summed E-state index contributed by atoms with van der Waals surface area (Å²) in [6, 6.07) is 14.0. The topological polar surface area (TPSA) is 80.5 Å². The molecule has 0 aliphatic carbocycles. The van der Waals surface area contributed by atoms with E-state index in [0.29, 0.717) is 11.3 Å². The number of carbonyl (C=O) groups is 1. The van der Waals surface area contributed by atoms with Crippen molar-refractivity contribution in [3.05, 3.63) is 59.7 Å². The molecule has 0 saturated heterocycles. The van der Waals surface area contributed by atoms with Crippen molar-refractivity contribution >= 4 is 6.16 Å². The van der Waals surface area contributed by atoms with Gasteiger partial charge in [-0.25, -0.2) is 4.79 Å². The number of benzene rings is 2. The summed E-state index contributed by atoms with van der Waals surface area (Å²) in [7, 11) is 0. The van der Waals surface area contributed by atoms with Crippen molar-refractivity contribution in [2.45, 2.75) is 32.7 Å². The van der Waals surface area contributed by atoms with E-state index in [2.05, 4.69) is 15.2 Å². The summed E-state index contributed by atoms with van der Waals surface area (Å²) in [5.41, 5.74) is 1.23. The molecule has 6 heteroatoms. The Morgan fingerprint density at radius 3 is 2.46 bits per heavy atom. The highest BCUT2D eigenvalue weighted by atomic mass is 16.8. The van der Waals surface area contributed by atoms with Gasteiger partial charge in [0.05, 0.1) is 6.54 Å². The Balaban J connectivity index is 1.92. The predicted octanol–water partition coefficient (Wildman–Crippen LogP) is 4.77. The molecule has 0 spiro atoms. The lowest BCUT2D eigenvalue weighted by Gasteiger charge is -2.21. The zero-order valence-electron chi connectivity index (χ0n) is 13.9. The number of nitrogens with zero attached hydrogens (tertiary/aromatic N) is 2. The Morgan fingerprint density at radius 2 is 1.79 bits per heavy atom. The highest BCUT2D eigenvalue weighted by Crippen LogP contribution is 2.33. The molecular formula is C18H20N2O4. The van der Waals surface area contributed by atoms with E-state index in [1.165, 1.54) is 0 Å². The average Bonchev–Trinajstić information content (AvgIpc) is 2.52. The minimum atomic E-state index is -0.974. The fraction of sp³-hybridized carbons (Fsp3) is 0.278. The van der Waals surface area contributed by atoms with E-state index in [9.17, 15) is 9.90 Å². The van der Waals surface area contributed by atoms with Gasteiger partial charge in [-0.1, -0.05) is 57.2 Å². The van der Waals surface area contributed by atoms with Crippen molar-refractivity contribution in [1.82, 2.24) is 0 Å². The lowest BCUT2D eigenvalue weighted by atomic mass is 9.85. The van der Waals surface area contributed by atoms with Crippen molar-refractivity contribution in [1.29, 1.82) is 0 Å². The van der Waals surface area contributed by atoms with Crippen LogP contribution >= 0.6 is 0 Å². The number of aromatic hydroxyl groups is 1. The highest BCUT2D eigenvalue weighted by Gasteiger charge is 2.19. The smallest absolute Gasteiger partial charge is 0.507 e. The maximum atomic E-state index is 11.4. The molecule has 0 atom stereocenters. The van der Waals surface area contributed by atoms with Crippen LogP contribution in [-0.2, 0) is 16.8 Å². The van der Waals surface area contributed by atoms with Gasteiger partial charge in [0.15, 0.2) is 0 Å². The molecule has 6 nitrogen and oxygen atoms in total. The van der Waals surface area contributed by atoms with E-state index >= 15 is 0 Å². The molecule has 0 fully saturated rings. The molecule has 0 heterocycles. The third kappa shape index (κ3) is 4.81. The van der Waals surface area contributed by atoms with Gasteiger partial charge < -0.3 is 9.84 Å². The first kappa shape index (κ1) is 17.5. The Labute approximate surface area is 140 Å². The minimum Gasteiger partial charge on any atom is -0.507 e. The van der Waals surface area contributed by atoms with E-state index in [1.54, 1.807) is 36.4 Å². The predicted molar refractivity (Wildman–Crippen MR) is 88.9 cm³/mol. The number of para-hydroxylation sites is 2. The molecule has 0 aliphatic heterocycles. The number of hydrogen-bond acceptors (Lipinski definition) is 6. The summed E-state index contributed by atoms with van der Waals surface area (Å²) in [5, 5.41) is 17.4. The first-order valence-electron chi connectivity index (χ1n) is 7.50. The van der Waals surface area contributed by atoms with E-state index in [0.717, 1.165) is 5.56 Å².